The van der Waals surface area contributed by atoms with E-state index in [0.29, 0.717) is 10.4 Å². The predicted molar refractivity (Wildman–Crippen MR) is 81.6 cm³/mol. The molecule has 2 aromatic rings. The summed E-state index contributed by atoms with van der Waals surface area (Å²) in [5, 5.41) is 3.27. The average molecular weight is 340 g/mol. The Hall–Kier alpha value is -1.46. The van der Waals surface area contributed by atoms with E-state index < -0.39 is 0 Å². The lowest BCUT2D eigenvalue weighted by molar-refractivity contribution is 0.353. The third-order valence-electron chi connectivity index (χ3n) is 3.25. The van der Waals surface area contributed by atoms with E-state index in [0.717, 1.165) is 22.6 Å². The maximum atomic E-state index is 5.66. The van der Waals surface area contributed by atoms with Crippen LogP contribution < -0.4 is 14.8 Å². The molecule has 4 nitrogen and oxygen atoms in total. The summed E-state index contributed by atoms with van der Waals surface area (Å²) in [5.74, 6) is 2.28. The van der Waals surface area contributed by atoms with Crippen molar-refractivity contribution in [1.82, 2.24) is 5.32 Å². The second-order valence-electron chi connectivity index (χ2n) is 4.43. The third-order valence-corrected chi connectivity index (χ3v) is 3.68. The van der Waals surface area contributed by atoms with Crippen LogP contribution in [0.15, 0.2) is 33.4 Å². The van der Waals surface area contributed by atoms with E-state index in [1.165, 1.54) is 0 Å². The van der Waals surface area contributed by atoms with Crippen LogP contribution in [0.4, 0.5) is 0 Å². The van der Waals surface area contributed by atoms with Crippen LogP contribution in [-0.2, 0) is 0 Å². The average Bonchev–Trinajstić information content (AvgIpc) is 2.87. The summed E-state index contributed by atoms with van der Waals surface area (Å²) in [5.41, 5.74) is 2.20. The van der Waals surface area contributed by atoms with Crippen LogP contribution in [0.1, 0.15) is 22.9 Å². The van der Waals surface area contributed by atoms with Gasteiger partial charge in [0.15, 0.2) is 16.2 Å². The number of benzene rings is 1. The van der Waals surface area contributed by atoms with Crippen molar-refractivity contribution in [2.75, 3.05) is 21.3 Å². The molecule has 0 saturated heterocycles. The van der Waals surface area contributed by atoms with Gasteiger partial charge in [-0.15, -0.1) is 0 Å². The molecule has 1 unspecified atom stereocenters. The highest BCUT2D eigenvalue weighted by molar-refractivity contribution is 9.10. The van der Waals surface area contributed by atoms with Gasteiger partial charge in [0.1, 0.15) is 5.76 Å². The molecule has 1 atom stereocenters. The molecule has 20 heavy (non-hydrogen) atoms. The SMILES string of the molecule is CNC(c1ccc(Br)o1)c1cc(OC)c(OC)cc1C. The predicted octanol–water partition coefficient (Wildman–Crippen LogP) is 3.68. The fourth-order valence-corrected chi connectivity index (χ4v) is 2.56. The minimum absolute atomic E-state index is 0.0406. The number of methoxy groups -OCH3 is 2. The van der Waals surface area contributed by atoms with Crippen molar-refractivity contribution >= 4 is 15.9 Å². The Labute approximate surface area is 127 Å². The molecule has 1 heterocycles. The molecular formula is C15H18BrNO3. The zero-order chi connectivity index (χ0) is 14.7. The highest BCUT2D eigenvalue weighted by atomic mass is 79.9. The Morgan fingerprint density at radius 2 is 1.80 bits per heavy atom. The van der Waals surface area contributed by atoms with Crippen molar-refractivity contribution in [1.29, 1.82) is 0 Å². The van der Waals surface area contributed by atoms with E-state index in [-0.39, 0.29) is 6.04 Å². The minimum Gasteiger partial charge on any atom is -0.493 e. The highest BCUT2D eigenvalue weighted by Gasteiger charge is 2.20. The molecule has 0 aliphatic rings. The van der Waals surface area contributed by atoms with Crippen molar-refractivity contribution in [3.05, 3.63) is 45.8 Å². The molecule has 0 aliphatic carbocycles. The molecule has 5 heteroatoms. The molecule has 0 fully saturated rings. The first-order valence-corrected chi connectivity index (χ1v) is 7.05. The number of halogens is 1. The molecule has 0 spiro atoms. The lowest BCUT2D eigenvalue weighted by atomic mass is 9.98. The van der Waals surface area contributed by atoms with Crippen molar-refractivity contribution in [3.63, 3.8) is 0 Å². The number of rotatable bonds is 5. The fourth-order valence-electron chi connectivity index (χ4n) is 2.24. The third kappa shape index (κ3) is 2.83. The Morgan fingerprint density at radius 3 is 2.30 bits per heavy atom. The van der Waals surface area contributed by atoms with E-state index in [4.69, 9.17) is 13.9 Å². The molecule has 0 saturated carbocycles. The smallest absolute Gasteiger partial charge is 0.169 e. The topological polar surface area (TPSA) is 43.6 Å². The first-order valence-electron chi connectivity index (χ1n) is 6.25. The van der Waals surface area contributed by atoms with Gasteiger partial charge in [-0.25, -0.2) is 0 Å². The van der Waals surface area contributed by atoms with Crippen molar-refractivity contribution in [2.24, 2.45) is 0 Å². The minimum atomic E-state index is -0.0406. The van der Waals surface area contributed by atoms with Gasteiger partial charge < -0.3 is 19.2 Å². The molecule has 108 valence electrons. The summed E-state index contributed by atoms with van der Waals surface area (Å²) in [6.07, 6.45) is 0. The summed E-state index contributed by atoms with van der Waals surface area (Å²) in [7, 11) is 5.17. The van der Waals surface area contributed by atoms with Gasteiger partial charge in [-0.1, -0.05) is 0 Å². The lowest BCUT2D eigenvalue weighted by Gasteiger charge is -2.19. The molecule has 0 amide bonds. The quantitative estimate of drug-likeness (QED) is 0.902. The van der Waals surface area contributed by atoms with Crippen LogP contribution in [-0.4, -0.2) is 21.3 Å². The van der Waals surface area contributed by atoms with E-state index in [1.807, 2.05) is 38.2 Å². The second-order valence-corrected chi connectivity index (χ2v) is 5.21. The molecule has 1 N–H and O–H groups in total. The van der Waals surface area contributed by atoms with Gasteiger partial charge in [0.2, 0.25) is 0 Å². The van der Waals surface area contributed by atoms with Crippen LogP contribution in [0.5, 0.6) is 11.5 Å². The molecule has 1 aromatic heterocycles. The van der Waals surface area contributed by atoms with Crippen molar-refractivity contribution < 1.29 is 13.9 Å². The van der Waals surface area contributed by atoms with Gasteiger partial charge in [0.05, 0.1) is 20.3 Å². The molecule has 0 aliphatic heterocycles. The Bertz CT molecular complexity index is 595. The monoisotopic (exact) mass is 339 g/mol. The zero-order valence-corrected chi connectivity index (χ0v) is 13.6. The fraction of sp³-hybridized carbons (Fsp3) is 0.333. The normalized spacial score (nSPS) is 12.2. The van der Waals surface area contributed by atoms with Gasteiger partial charge in [-0.05, 0) is 65.3 Å². The zero-order valence-electron chi connectivity index (χ0n) is 12.0. The van der Waals surface area contributed by atoms with Gasteiger partial charge in [-0.2, -0.15) is 0 Å². The molecular weight excluding hydrogens is 322 g/mol. The van der Waals surface area contributed by atoms with E-state index >= 15 is 0 Å². The number of hydrogen-bond donors (Lipinski definition) is 1. The van der Waals surface area contributed by atoms with E-state index in [2.05, 4.69) is 21.2 Å². The number of hydrogen-bond acceptors (Lipinski definition) is 4. The van der Waals surface area contributed by atoms with Gasteiger partial charge in [0.25, 0.3) is 0 Å². The lowest BCUT2D eigenvalue weighted by Crippen LogP contribution is -2.18. The van der Waals surface area contributed by atoms with Crippen LogP contribution in [0.2, 0.25) is 0 Å². The van der Waals surface area contributed by atoms with Crippen LogP contribution >= 0.6 is 15.9 Å². The summed E-state index contributed by atoms with van der Waals surface area (Å²) in [6, 6.07) is 7.74. The van der Waals surface area contributed by atoms with Gasteiger partial charge >= 0.3 is 0 Å². The maximum Gasteiger partial charge on any atom is 0.169 e. The Kier molecular flexibility index (Phi) is 4.73. The number of ether oxygens (including phenoxy) is 2. The summed E-state index contributed by atoms with van der Waals surface area (Å²) in [4.78, 5) is 0. The van der Waals surface area contributed by atoms with E-state index in [1.54, 1.807) is 14.2 Å². The number of furan rings is 1. The van der Waals surface area contributed by atoms with Crippen LogP contribution in [0, 0.1) is 6.92 Å². The number of nitrogens with one attached hydrogen (secondary N) is 1. The first kappa shape index (κ1) is 14.9. The van der Waals surface area contributed by atoms with Crippen molar-refractivity contribution in [3.8, 4) is 11.5 Å². The first-order chi connectivity index (χ1) is 9.60. The number of aryl methyl sites for hydroxylation is 1. The van der Waals surface area contributed by atoms with Gasteiger partial charge in [-0.3, -0.25) is 0 Å². The van der Waals surface area contributed by atoms with Crippen LogP contribution in [0.25, 0.3) is 0 Å². The molecule has 0 radical (unpaired) electrons. The van der Waals surface area contributed by atoms with Crippen molar-refractivity contribution in [2.45, 2.75) is 13.0 Å². The Balaban J connectivity index is 2.49. The standard InChI is InChI=1S/C15H18BrNO3/c1-9-7-12(18-3)13(19-4)8-10(9)15(17-2)11-5-6-14(16)20-11/h5-8,15,17H,1-4H3. The van der Waals surface area contributed by atoms with Gasteiger partial charge in [0, 0.05) is 0 Å². The van der Waals surface area contributed by atoms with E-state index in [9.17, 15) is 0 Å². The molecule has 0 bridgehead atoms. The summed E-state index contributed by atoms with van der Waals surface area (Å²) in [6.45, 7) is 2.04. The highest BCUT2D eigenvalue weighted by Crippen LogP contribution is 2.35. The maximum absolute atomic E-state index is 5.66. The molecule has 2 rings (SSSR count). The summed E-state index contributed by atoms with van der Waals surface area (Å²) >= 11 is 3.33. The Morgan fingerprint density at radius 1 is 1.15 bits per heavy atom. The second kappa shape index (κ2) is 6.33. The summed E-state index contributed by atoms with van der Waals surface area (Å²) < 4.78 is 17.1. The molecule has 1 aromatic carbocycles. The largest absolute Gasteiger partial charge is 0.493 e. The van der Waals surface area contributed by atoms with Crippen LogP contribution in [0.3, 0.4) is 0 Å².